The standard InChI is InChI=1S/C23H22N2O6S2/c1-23(2,3)19(26)9-20-24(22(27)18(33-20)6-14-4-5-32-12-14)10-15-7-17(25(28)29)8-16-11-30-13-31-21(15)16/h4-9,12H,10-11,13H2,1-3H3/b18-6-,20-9-. The van der Waals surface area contributed by atoms with Gasteiger partial charge in [-0.3, -0.25) is 24.3 Å². The van der Waals surface area contributed by atoms with Gasteiger partial charge >= 0.3 is 0 Å². The predicted molar refractivity (Wildman–Crippen MR) is 127 cm³/mol. The third-order valence-corrected chi connectivity index (χ3v) is 6.84. The largest absolute Gasteiger partial charge is 0.467 e. The minimum Gasteiger partial charge on any atom is -0.467 e. The van der Waals surface area contributed by atoms with Crippen molar-refractivity contribution in [2.45, 2.75) is 33.9 Å². The zero-order valence-corrected chi connectivity index (χ0v) is 20.0. The number of hydrogen-bond acceptors (Lipinski definition) is 8. The van der Waals surface area contributed by atoms with Gasteiger partial charge in [-0.1, -0.05) is 20.8 Å². The molecule has 3 heterocycles. The van der Waals surface area contributed by atoms with Gasteiger partial charge in [-0.05, 0) is 28.5 Å². The second kappa shape index (κ2) is 9.05. The van der Waals surface area contributed by atoms with E-state index in [0.717, 1.165) is 5.56 Å². The molecule has 4 rings (SSSR count). The van der Waals surface area contributed by atoms with Crippen LogP contribution >= 0.6 is 22.7 Å². The molecule has 172 valence electrons. The summed E-state index contributed by atoms with van der Waals surface area (Å²) in [4.78, 5) is 37.1. The van der Waals surface area contributed by atoms with Crippen LogP contribution in [0.1, 0.15) is 37.5 Å². The summed E-state index contributed by atoms with van der Waals surface area (Å²) in [6, 6.07) is 4.73. The van der Waals surface area contributed by atoms with Gasteiger partial charge in [0, 0.05) is 34.8 Å². The Morgan fingerprint density at radius 2 is 2.12 bits per heavy atom. The Morgan fingerprint density at radius 3 is 2.79 bits per heavy atom. The zero-order chi connectivity index (χ0) is 23.8. The lowest BCUT2D eigenvalue weighted by Gasteiger charge is -2.20. The lowest BCUT2D eigenvalue weighted by Crippen LogP contribution is -2.33. The van der Waals surface area contributed by atoms with Crippen molar-refractivity contribution in [2.24, 2.45) is 5.41 Å². The fourth-order valence-corrected chi connectivity index (χ4v) is 4.96. The first-order chi connectivity index (χ1) is 15.6. The Hall–Kier alpha value is -3.08. The highest BCUT2D eigenvalue weighted by Crippen LogP contribution is 2.32. The average Bonchev–Trinajstić information content (AvgIpc) is 3.37. The SMILES string of the molecule is CC(C)(C)C(=O)/C=c1\s/c(=C\c2ccsc2)c(=O)n1Cc1cc([N+](=O)[O-])cc2c1OCOC2. The van der Waals surface area contributed by atoms with E-state index in [4.69, 9.17) is 9.47 Å². The molecule has 0 amide bonds. The van der Waals surface area contributed by atoms with E-state index in [9.17, 15) is 19.7 Å². The smallest absolute Gasteiger partial charge is 0.270 e. The number of nitro groups is 1. The van der Waals surface area contributed by atoms with Crippen LogP contribution < -0.4 is 19.5 Å². The Labute approximate surface area is 197 Å². The van der Waals surface area contributed by atoms with Crippen LogP contribution in [0.5, 0.6) is 5.75 Å². The second-order valence-corrected chi connectivity index (χ2v) is 10.5. The molecule has 10 heteroatoms. The van der Waals surface area contributed by atoms with Crippen molar-refractivity contribution in [3.63, 3.8) is 0 Å². The molecule has 1 aliphatic heterocycles. The fourth-order valence-electron chi connectivity index (χ4n) is 3.30. The summed E-state index contributed by atoms with van der Waals surface area (Å²) in [5.41, 5.74) is 0.937. The maximum atomic E-state index is 13.4. The quantitative estimate of drug-likeness (QED) is 0.406. The van der Waals surface area contributed by atoms with Crippen LogP contribution in [-0.2, 0) is 22.7 Å². The highest BCUT2D eigenvalue weighted by molar-refractivity contribution is 7.08. The first kappa shape index (κ1) is 23.1. The van der Waals surface area contributed by atoms with Gasteiger partial charge in [-0.15, -0.1) is 11.3 Å². The molecule has 0 radical (unpaired) electrons. The average molecular weight is 487 g/mol. The van der Waals surface area contributed by atoms with Crippen molar-refractivity contribution in [3.05, 3.63) is 75.3 Å². The van der Waals surface area contributed by atoms with E-state index in [0.29, 0.717) is 26.1 Å². The zero-order valence-electron chi connectivity index (χ0n) is 18.3. The maximum absolute atomic E-state index is 13.4. The Bertz CT molecular complexity index is 1390. The number of Topliss-reactive ketones (excluding diaryl/α,β-unsaturated/α-hetero) is 1. The van der Waals surface area contributed by atoms with Gasteiger partial charge in [0.25, 0.3) is 11.2 Å². The molecule has 0 atom stereocenters. The summed E-state index contributed by atoms with van der Waals surface area (Å²) in [6.45, 7) is 5.66. The van der Waals surface area contributed by atoms with E-state index in [2.05, 4.69) is 0 Å². The molecule has 0 saturated heterocycles. The normalized spacial score (nSPS) is 14.8. The molecular weight excluding hydrogens is 464 g/mol. The Kier molecular flexibility index (Phi) is 6.33. The monoisotopic (exact) mass is 486 g/mol. The molecule has 0 aliphatic carbocycles. The number of rotatable bonds is 5. The molecular formula is C23H22N2O6S2. The van der Waals surface area contributed by atoms with Crippen molar-refractivity contribution < 1.29 is 19.2 Å². The van der Waals surface area contributed by atoms with Crippen LogP contribution in [0.2, 0.25) is 0 Å². The predicted octanol–water partition coefficient (Wildman–Crippen LogP) is 3.02. The summed E-state index contributed by atoms with van der Waals surface area (Å²) in [5.74, 6) is 0.353. The molecule has 1 aromatic carbocycles. The topological polar surface area (TPSA) is 101 Å². The van der Waals surface area contributed by atoms with Crippen LogP contribution in [0.15, 0.2) is 33.8 Å². The van der Waals surface area contributed by atoms with Gasteiger partial charge in [-0.2, -0.15) is 11.3 Å². The minimum atomic E-state index is -0.618. The Morgan fingerprint density at radius 1 is 1.33 bits per heavy atom. The summed E-state index contributed by atoms with van der Waals surface area (Å²) in [5, 5.41) is 15.3. The third-order valence-electron chi connectivity index (χ3n) is 5.08. The number of non-ortho nitro benzene ring substituents is 1. The van der Waals surface area contributed by atoms with Gasteiger partial charge in [0.05, 0.1) is 22.6 Å². The van der Waals surface area contributed by atoms with Crippen molar-refractivity contribution >= 4 is 46.3 Å². The van der Waals surface area contributed by atoms with E-state index in [-0.39, 0.29) is 37.0 Å². The lowest BCUT2D eigenvalue weighted by molar-refractivity contribution is -0.385. The number of carbonyl (C=O) groups is 1. The molecule has 33 heavy (non-hydrogen) atoms. The number of fused-ring (bicyclic) bond motifs is 1. The molecule has 0 N–H and O–H groups in total. The first-order valence-corrected chi connectivity index (χ1v) is 11.9. The van der Waals surface area contributed by atoms with Crippen molar-refractivity contribution in [1.82, 2.24) is 4.57 Å². The number of aromatic nitrogens is 1. The van der Waals surface area contributed by atoms with E-state index < -0.39 is 10.3 Å². The third kappa shape index (κ3) is 4.97. The van der Waals surface area contributed by atoms with E-state index in [1.807, 2.05) is 37.6 Å². The molecule has 1 aliphatic rings. The number of thiazole rings is 1. The molecule has 2 aromatic heterocycles. The van der Waals surface area contributed by atoms with Gasteiger partial charge in [0.15, 0.2) is 12.6 Å². The number of ketones is 1. The van der Waals surface area contributed by atoms with E-state index in [1.54, 1.807) is 6.08 Å². The second-order valence-electron chi connectivity index (χ2n) is 8.62. The van der Waals surface area contributed by atoms with Gasteiger partial charge in [0.2, 0.25) is 0 Å². The molecule has 8 nitrogen and oxygen atoms in total. The highest BCUT2D eigenvalue weighted by atomic mass is 32.1. The number of carbonyl (C=O) groups excluding carboxylic acids is 1. The van der Waals surface area contributed by atoms with Crippen LogP contribution in [0.3, 0.4) is 0 Å². The lowest BCUT2D eigenvalue weighted by atomic mass is 9.91. The summed E-state index contributed by atoms with van der Waals surface area (Å²) < 4.78 is 13.3. The molecule has 0 saturated carbocycles. The highest BCUT2D eigenvalue weighted by Gasteiger charge is 2.23. The first-order valence-electron chi connectivity index (χ1n) is 10.1. The maximum Gasteiger partial charge on any atom is 0.270 e. The Balaban J connectivity index is 1.91. The van der Waals surface area contributed by atoms with Crippen LogP contribution in [0, 0.1) is 15.5 Å². The molecule has 0 fully saturated rings. The van der Waals surface area contributed by atoms with Gasteiger partial charge in [-0.25, -0.2) is 0 Å². The van der Waals surface area contributed by atoms with Crippen LogP contribution in [0.25, 0.3) is 12.2 Å². The number of ether oxygens (including phenoxy) is 2. The number of nitro benzene ring substituents is 1. The molecule has 3 aromatic rings. The van der Waals surface area contributed by atoms with Crippen molar-refractivity contribution in [2.75, 3.05) is 6.79 Å². The number of thiophene rings is 1. The van der Waals surface area contributed by atoms with Gasteiger partial charge < -0.3 is 9.47 Å². The van der Waals surface area contributed by atoms with E-state index in [1.165, 1.54) is 45.4 Å². The van der Waals surface area contributed by atoms with Gasteiger partial charge in [0.1, 0.15) is 10.4 Å². The van der Waals surface area contributed by atoms with Crippen molar-refractivity contribution in [1.29, 1.82) is 0 Å². The van der Waals surface area contributed by atoms with E-state index >= 15 is 0 Å². The van der Waals surface area contributed by atoms with Crippen LogP contribution in [-0.4, -0.2) is 22.1 Å². The summed E-state index contributed by atoms with van der Waals surface area (Å²) in [6.07, 6.45) is 3.26. The molecule has 0 bridgehead atoms. The number of benzene rings is 1. The summed E-state index contributed by atoms with van der Waals surface area (Å²) in [7, 11) is 0. The minimum absolute atomic E-state index is 0.0228. The molecule has 0 spiro atoms. The fraction of sp³-hybridized carbons (Fsp3) is 0.304. The molecule has 0 unspecified atom stereocenters. The number of hydrogen-bond donors (Lipinski definition) is 0. The summed E-state index contributed by atoms with van der Waals surface area (Å²) >= 11 is 2.74. The van der Waals surface area contributed by atoms with Crippen LogP contribution in [0.4, 0.5) is 5.69 Å². The number of nitrogens with zero attached hydrogens (tertiary/aromatic N) is 2. The van der Waals surface area contributed by atoms with Crippen molar-refractivity contribution in [3.8, 4) is 5.75 Å².